The first kappa shape index (κ1) is 50.8. The van der Waals surface area contributed by atoms with Crippen LogP contribution in [0.3, 0.4) is 0 Å². The number of likely N-dealkylation sites (N-methyl/N-ethyl adjacent to an activating group) is 1. The standard InChI is InChI=1S/C46H72N5O8P/c1-51(2,3)30-33-59-60(57,58-32-19-17-15-13-11-9-7-5-4-6-8-10-12-14-16-18-31-52)42-28-26-38(27-29-42)34-41(48-37-40-23-21-25-44(50-40)46(55)56)36-47-35-39-22-20-24-43(49-39)45(53)54/h20-29,41,47-48H,4-19,30-37H2,1-3H3,(H,53,54)(H,55,56). The number of aromatic carboxylic acids is 2. The van der Waals surface area contributed by atoms with E-state index in [1.807, 2.05) is 24.3 Å². The van der Waals surface area contributed by atoms with Crippen LogP contribution in [0.1, 0.15) is 141 Å². The number of hydrogen-bond acceptors (Lipinski definition) is 10. The predicted octanol–water partition coefficient (Wildman–Crippen LogP) is 7.52. The van der Waals surface area contributed by atoms with Crippen LogP contribution in [0.25, 0.3) is 0 Å². The molecular formula is C46H72N5O8P. The Hall–Kier alpha value is -3.55. The van der Waals surface area contributed by atoms with Gasteiger partial charge in [-0.2, -0.15) is 0 Å². The molecule has 0 aliphatic carbocycles. The van der Waals surface area contributed by atoms with Gasteiger partial charge >= 0.3 is 19.5 Å². The van der Waals surface area contributed by atoms with Gasteiger partial charge in [-0.25, -0.2) is 19.6 Å². The van der Waals surface area contributed by atoms with E-state index < -0.39 is 19.5 Å². The van der Waals surface area contributed by atoms with Crippen LogP contribution in [0.15, 0.2) is 60.7 Å². The fraction of sp³-hybridized carbons (Fsp3) is 0.609. The summed E-state index contributed by atoms with van der Waals surface area (Å²) in [7, 11) is 2.61. The normalized spacial score (nSPS) is 13.3. The van der Waals surface area contributed by atoms with Crippen LogP contribution < -0.4 is 21.0 Å². The molecule has 0 aliphatic heterocycles. The van der Waals surface area contributed by atoms with Crippen LogP contribution in [-0.2, 0) is 33.1 Å². The van der Waals surface area contributed by atoms with E-state index in [0.29, 0.717) is 67.0 Å². The second-order valence-electron chi connectivity index (χ2n) is 16.8. The number of hydrogen-bond donors (Lipinski definition) is 4. The number of pyridine rings is 2. The minimum Gasteiger partial charge on any atom is -0.854 e. The molecule has 3 rings (SSSR count). The Bertz CT molecular complexity index is 1700. The Balaban J connectivity index is 1.51. The van der Waals surface area contributed by atoms with Gasteiger partial charge in [0, 0.05) is 25.7 Å². The van der Waals surface area contributed by atoms with Crippen molar-refractivity contribution in [1.29, 1.82) is 0 Å². The van der Waals surface area contributed by atoms with Crippen molar-refractivity contribution in [3.05, 3.63) is 89.0 Å². The van der Waals surface area contributed by atoms with Crippen molar-refractivity contribution >= 4 is 24.8 Å². The minimum absolute atomic E-state index is 0.0218. The molecule has 2 aromatic heterocycles. The number of carbonyl (C=O) groups is 2. The lowest BCUT2D eigenvalue weighted by atomic mass is 10.0. The Labute approximate surface area is 358 Å². The lowest BCUT2D eigenvalue weighted by Crippen LogP contribution is -2.40. The quantitative estimate of drug-likeness (QED) is 0.0260. The van der Waals surface area contributed by atoms with Crippen molar-refractivity contribution in [2.45, 2.75) is 128 Å². The minimum atomic E-state index is -3.59. The summed E-state index contributed by atoms with van der Waals surface area (Å²) >= 11 is 0. The second-order valence-corrected chi connectivity index (χ2v) is 18.8. The Morgan fingerprint density at radius 2 is 1.13 bits per heavy atom. The highest BCUT2D eigenvalue weighted by Crippen LogP contribution is 2.47. The molecule has 60 heavy (non-hydrogen) atoms. The summed E-state index contributed by atoms with van der Waals surface area (Å²) in [6.07, 6.45) is 19.6. The molecule has 0 fully saturated rings. The molecular weight excluding hydrogens is 782 g/mol. The Morgan fingerprint density at radius 1 is 0.667 bits per heavy atom. The fourth-order valence-electron chi connectivity index (χ4n) is 6.82. The molecule has 0 aliphatic rings. The highest BCUT2D eigenvalue weighted by molar-refractivity contribution is 7.62. The van der Waals surface area contributed by atoms with Crippen molar-refractivity contribution in [2.75, 3.05) is 54.1 Å². The zero-order valence-corrected chi connectivity index (χ0v) is 37.3. The van der Waals surface area contributed by atoms with Gasteiger partial charge in [0.2, 0.25) is 0 Å². The monoisotopic (exact) mass is 854 g/mol. The van der Waals surface area contributed by atoms with Gasteiger partial charge in [-0.1, -0.05) is 121 Å². The average molecular weight is 854 g/mol. The topological polar surface area (TPSA) is 183 Å². The number of carboxylic acids is 2. The third-order valence-electron chi connectivity index (χ3n) is 10.4. The molecule has 2 atom stereocenters. The van der Waals surface area contributed by atoms with Crippen LogP contribution in [0.4, 0.5) is 0 Å². The van der Waals surface area contributed by atoms with Gasteiger partial charge in [-0.3, -0.25) is 9.09 Å². The number of benzene rings is 1. The van der Waals surface area contributed by atoms with Crippen molar-refractivity contribution in [2.24, 2.45) is 0 Å². The van der Waals surface area contributed by atoms with Gasteiger partial charge in [0.15, 0.2) is 0 Å². The summed E-state index contributed by atoms with van der Waals surface area (Å²) in [6, 6.07) is 17.2. The number of aromatic nitrogens is 2. The SMILES string of the molecule is C[N+](C)(C)CCOP(=O)(OCCCCCCCCCCCCCCCCCC[O-])c1ccc(CC(CNCc2cccc(C(=O)O)n2)NCc2cccc(C(=O)O)n2)cc1. The van der Waals surface area contributed by atoms with Crippen molar-refractivity contribution in [3.8, 4) is 0 Å². The number of rotatable bonds is 35. The lowest BCUT2D eigenvalue weighted by Gasteiger charge is -2.25. The number of unbranched alkanes of at least 4 members (excludes halogenated alkanes) is 15. The molecule has 0 radical (unpaired) electrons. The van der Waals surface area contributed by atoms with E-state index in [1.165, 1.54) is 82.8 Å². The third kappa shape index (κ3) is 21.8. The van der Waals surface area contributed by atoms with E-state index in [9.17, 15) is 29.5 Å². The molecule has 1 aromatic carbocycles. The average Bonchev–Trinajstić information content (AvgIpc) is 3.22. The van der Waals surface area contributed by atoms with Crippen LogP contribution in [0.2, 0.25) is 0 Å². The van der Waals surface area contributed by atoms with Crippen molar-refractivity contribution < 1.29 is 43.0 Å². The van der Waals surface area contributed by atoms with Crippen LogP contribution in [0, 0.1) is 0 Å². The first-order valence-electron chi connectivity index (χ1n) is 22.1. The maximum Gasteiger partial charge on any atom is 0.361 e. The first-order valence-corrected chi connectivity index (χ1v) is 23.6. The van der Waals surface area contributed by atoms with Gasteiger partial charge in [0.05, 0.1) is 44.4 Å². The maximum atomic E-state index is 14.3. The molecule has 0 saturated heterocycles. The predicted molar refractivity (Wildman–Crippen MR) is 236 cm³/mol. The number of carboxylic acid groups (broad SMARTS) is 2. The fourth-order valence-corrected chi connectivity index (χ4v) is 8.40. The van der Waals surface area contributed by atoms with Gasteiger partial charge in [-0.05, 0) is 54.8 Å². The zero-order chi connectivity index (χ0) is 43.5. The van der Waals surface area contributed by atoms with Crippen molar-refractivity contribution in [3.63, 3.8) is 0 Å². The molecule has 0 bridgehead atoms. The summed E-state index contributed by atoms with van der Waals surface area (Å²) in [5, 5.41) is 36.6. The van der Waals surface area contributed by atoms with Crippen LogP contribution >= 0.6 is 7.60 Å². The second kappa shape index (κ2) is 28.9. The van der Waals surface area contributed by atoms with E-state index in [1.54, 1.807) is 24.3 Å². The Morgan fingerprint density at radius 3 is 1.62 bits per heavy atom. The summed E-state index contributed by atoms with van der Waals surface area (Å²) in [5.74, 6) is -2.18. The molecule has 0 spiro atoms. The summed E-state index contributed by atoms with van der Waals surface area (Å²) in [6.45, 7) is 2.57. The van der Waals surface area contributed by atoms with Gasteiger partial charge in [0.25, 0.3) is 0 Å². The molecule has 3 aromatic rings. The van der Waals surface area contributed by atoms with Crippen molar-refractivity contribution in [1.82, 2.24) is 20.6 Å². The molecule has 2 unspecified atom stereocenters. The third-order valence-corrected chi connectivity index (χ3v) is 12.4. The molecule has 4 N–H and O–H groups in total. The zero-order valence-electron chi connectivity index (χ0n) is 36.5. The highest BCUT2D eigenvalue weighted by Gasteiger charge is 2.29. The molecule has 14 heteroatoms. The lowest BCUT2D eigenvalue weighted by molar-refractivity contribution is -0.870. The van der Waals surface area contributed by atoms with E-state index in [-0.39, 0.29) is 24.0 Å². The molecule has 334 valence electrons. The van der Waals surface area contributed by atoms with E-state index >= 15 is 0 Å². The Kier molecular flexibility index (Phi) is 24.5. The van der Waals surface area contributed by atoms with Crippen LogP contribution in [0.5, 0.6) is 0 Å². The van der Waals surface area contributed by atoms with Gasteiger partial charge in [-0.15, -0.1) is 6.61 Å². The van der Waals surface area contributed by atoms with E-state index in [0.717, 1.165) is 37.7 Å². The first-order chi connectivity index (χ1) is 28.9. The summed E-state index contributed by atoms with van der Waals surface area (Å²) < 4.78 is 27.2. The summed E-state index contributed by atoms with van der Waals surface area (Å²) in [5.41, 5.74) is 2.11. The number of nitrogens with zero attached hydrogens (tertiary/aromatic N) is 3. The number of nitrogens with one attached hydrogen (secondary N) is 2. The van der Waals surface area contributed by atoms with Gasteiger partial charge in [0.1, 0.15) is 24.5 Å². The molecule has 2 heterocycles. The maximum absolute atomic E-state index is 14.3. The van der Waals surface area contributed by atoms with Crippen LogP contribution in [-0.4, -0.2) is 96.7 Å². The largest absolute Gasteiger partial charge is 0.854 e. The van der Waals surface area contributed by atoms with E-state index in [2.05, 4.69) is 41.7 Å². The number of quaternary nitrogens is 1. The highest BCUT2D eigenvalue weighted by atomic mass is 31.2. The summed E-state index contributed by atoms with van der Waals surface area (Å²) in [4.78, 5) is 31.4. The van der Waals surface area contributed by atoms with Gasteiger partial charge < -0.3 is 35.0 Å². The van der Waals surface area contributed by atoms with E-state index in [4.69, 9.17) is 9.05 Å². The smallest absolute Gasteiger partial charge is 0.361 e. The molecule has 0 amide bonds. The molecule has 0 saturated carbocycles. The molecule has 13 nitrogen and oxygen atoms in total.